The number of fused-ring (bicyclic) bond motifs is 2. The van der Waals surface area contributed by atoms with Gasteiger partial charge in [-0.25, -0.2) is 4.79 Å². The van der Waals surface area contributed by atoms with Gasteiger partial charge in [-0.05, 0) is 19.1 Å². The van der Waals surface area contributed by atoms with Gasteiger partial charge in [0.25, 0.3) is 5.91 Å². The van der Waals surface area contributed by atoms with Crippen molar-refractivity contribution in [2.45, 2.75) is 25.0 Å². The Morgan fingerprint density at radius 1 is 1.24 bits per heavy atom. The van der Waals surface area contributed by atoms with E-state index in [1.54, 1.807) is 55.5 Å². The van der Waals surface area contributed by atoms with E-state index in [1.165, 1.54) is 0 Å². The lowest BCUT2D eigenvalue weighted by atomic mass is 9.84. The molecule has 29 heavy (non-hydrogen) atoms. The Kier molecular flexibility index (Phi) is 4.92. The van der Waals surface area contributed by atoms with Gasteiger partial charge in [-0.3, -0.25) is 14.5 Å². The highest BCUT2D eigenvalue weighted by atomic mass is 35.5. The first-order chi connectivity index (χ1) is 13.9. The van der Waals surface area contributed by atoms with E-state index in [9.17, 15) is 14.4 Å². The number of ether oxygens (including phenoxy) is 2. The number of carbonyl (C=O) groups is 3. The number of halogens is 1. The van der Waals surface area contributed by atoms with E-state index in [0.717, 1.165) is 4.90 Å². The van der Waals surface area contributed by atoms with Crippen LogP contribution in [0.2, 0.25) is 5.02 Å². The average molecular weight is 415 g/mol. The van der Waals surface area contributed by atoms with Crippen molar-refractivity contribution in [2.24, 2.45) is 0 Å². The van der Waals surface area contributed by atoms with Crippen molar-refractivity contribution >= 4 is 29.5 Å². The Hall–Kier alpha value is -3.06. The highest BCUT2D eigenvalue weighted by molar-refractivity contribution is 6.31. The van der Waals surface area contributed by atoms with Gasteiger partial charge >= 0.3 is 12.0 Å². The zero-order valence-electron chi connectivity index (χ0n) is 15.7. The molecule has 0 unspecified atom stereocenters. The molecular weight excluding hydrogens is 396 g/mol. The summed E-state index contributed by atoms with van der Waals surface area (Å²) in [5.41, 5.74) is 0.0139. The van der Waals surface area contributed by atoms with Crippen LogP contribution < -0.4 is 10.1 Å². The molecule has 2 heterocycles. The minimum Gasteiger partial charge on any atom is -0.493 e. The summed E-state index contributed by atoms with van der Waals surface area (Å²) in [6.45, 7) is 1.48. The molecule has 0 saturated carbocycles. The van der Waals surface area contributed by atoms with Gasteiger partial charge in [-0.1, -0.05) is 48.0 Å². The third-order valence-corrected chi connectivity index (χ3v) is 5.54. The molecule has 4 rings (SSSR count). The molecule has 0 aliphatic carbocycles. The van der Waals surface area contributed by atoms with Crippen LogP contribution in [0.4, 0.5) is 4.79 Å². The van der Waals surface area contributed by atoms with Crippen LogP contribution in [0.5, 0.6) is 5.75 Å². The number of para-hydroxylation sites is 1. The summed E-state index contributed by atoms with van der Waals surface area (Å²) in [6.07, 6.45) is -0.328. The normalized spacial score (nSPS) is 21.4. The Bertz CT molecular complexity index is 995. The van der Waals surface area contributed by atoms with Crippen molar-refractivity contribution in [2.75, 3.05) is 13.2 Å². The van der Waals surface area contributed by atoms with Gasteiger partial charge in [-0.15, -0.1) is 0 Å². The molecule has 2 aliphatic rings. The van der Waals surface area contributed by atoms with Crippen molar-refractivity contribution in [3.8, 4) is 5.75 Å². The smallest absolute Gasteiger partial charge is 0.326 e. The number of nitrogens with zero attached hydrogens (tertiary/aromatic N) is 1. The third-order valence-electron chi connectivity index (χ3n) is 5.20. The van der Waals surface area contributed by atoms with E-state index in [1.807, 2.05) is 0 Å². The SMILES string of the molecule is C[C@@H](OC(=O)CN1C(=O)N[C@@]2(CCOc3ccccc32)C1=O)c1ccccc1Cl. The van der Waals surface area contributed by atoms with Crippen molar-refractivity contribution in [1.82, 2.24) is 10.2 Å². The predicted octanol–water partition coefficient (Wildman–Crippen LogP) is 3.17. The second-order valence-electron chi connectivity index (χ2n) is 6.98. The highest BCUT2D eigenvalue weighted by Gasteiger charge is 2.55. The molecular formula is C21H19ClN2O5. The van der Waals surface area contributed by atoms with E-state index in [-0.39, 0.29) is 13.0 Å². The highest BCUT2D eigenvalue weighted by Crippen LogP contribution is 2.41. The Labute approximate surface area is 172 Å². The van der Waals surface area contributed by atoms with E-state index in [2.05, 4.69) is 5.32 Å². The fourth-order valence-electron chi connectivity index (χ4n) is 3.75. The van der Waals surface area contributed by atoms with E-state index >= 15 is 0 Å². The molecule has 1 fully saturated rings. The van der Waals surface area contributed by atoms with Crippen LogP contribution in [0.1, 0.15) is 30.6 Å². The molecule has 2 aliphatic heterocycles. The summed E-state index contributed by atoms with van der Waals surface area (Å²) in [5.74, 6) is -0.636. The zero-order valence-corrected chi connectivity index (χ0v) is 16.4. The van der Waals surface area contributed by atoms with Crippen molar-refractivity contribution in [1.29, 1.82) is 0 Å². The van der Waals surface area contributed by atoms with Gasteiger partial charge in [0.1, 0.15) is 18.4 Å². The Balaban J connectivity index is 1.51. The van der Waals surface area contributed by atoms with Crippen LogP contribution in [-0.2, 0) is 19.9 Å². The van der Waals surface area contributed by atoms with Crippen molar-refractivity contribution in [3.05, 3.63) is 64.7 Å². The summed E-state index contributed by atoms with van der Waals surface area (Å²) < 4.78 is 11.0. The summed E-state index contributed by atoms with van der Waals surface area (Å²) in [7, 11) is 0. The Morgan fingerprint density at radius 3 is 2.76 bits per heavy atom. The van der Waals surface area contributed by atoms with Gasteiger partial charge in [0.15, 0.2) is 5.54 Å². The average Bonchev–Trinajstić information content (AvgIpc) is 2.93. The molecule has 0 bridgehead atoms. The molecule has 8 heteroatoms. The maximum absolute atomic E-state index is 13.2. The third kappa shape index (κ3) is 3.31. The first kappa shape index (κ1) is 19.3. The second kappa shape index (κ2) is 7.40. The van der Waals surface area contributed by atoms with Gasteiger partial charge < -0.3 is 14.8 Å². The van der Waals surface area contributed by atoms with Gasteiger partial charge in [0.05, 0.1) is 6.61 Å². The number of urea groups is 1. The second-order valence-corrected chi connectivity index (χ2v) is 7.38. The predicted molar refractivity (Wildman–Crippen MR) is 104 cm³/mol. The maximum Gasteiger partial charge on any atom is 0.326 e. The number of esters is 1. The quantitative estimate of drug-likeness (QED) is 0.613. The van der Waals surface area contributed by atoms with E-state index in [4.69, 9.17) is 21.1 Å². The monoisotopic (exact) mass is 414 g/mol. The van der Waals surface area contributed by atoms with Crippen LogP contribution >= 0.6 is 11.6 Å². The zero-order chi connectivity index (χ0) is 20.6. The lowest BCUT2D eigenvalue weighted by molar-refractivity contribution is -0.152. The van der Waals surface area contributed by atoms with Crippen LogP contribution in [0.25, 0.3) is 0 Å². The molecule has 1 N–H and O–H groups in total. The fourth-order valence-corrected chi connectivity index (χ4v) is 4.04. The van der Waals surface area contributed by atoms with Gasteiger partial charge in [-0.2, -0.15) is 0 Å². The van der Waals surface area contributed by atoms with E-state index < -0.39 is 36.1 Å². The number of rotatable bonds is 4. The summed E-state index contributed by atoms with van der Waals surface area (Å²) >= 11 is 6.13. The largest absolute Gasteiger partial charge is 0.493 e. The number of amides is 3. The standard InChI is InChI=1S/C21H19ClN2O5/c1-13(14-6-2-4-8-16(14)22)29-18(25)12-24-19(26)21(23-20(24)27)10-11-28-17-9-5-3-7-15(17)21/h2-9,13H,10-12H2,1H3,(H,23,27)/t13-,21-/m1/s1. The van der Waals surface area contributed by atoms with Crippen LogP contribution in [0.3, 0.4) is 0 Å². The Morgan fingerprint density at radius 2 is 1.97 bits per heavy atom. The first-order valence-electron chi connectivity index (χ1n) is 9.23. The van der Waals surface area contributed by atoms with Crippen LogP contribution in [0.15, 0.2) is 48.5 Å². The molecule has 2 aromatic rings. The van der Waals surface area contributed by atoms with Gasteiger partial charge in [0.2, 0.25) is 0 Å². The van der Waals surface area contributed by atoms with E-state index in [0.29, 0.717) is 21.9 Å². The maximum atomic E-state index is 13.2. The molecule has 1 saturated heterocycles. The lowest BCUT2D eigenvalue weighted by Gasteiger charge is -2.33. The van der Waals surface area contributed by atoms with Gasteiger partial charge in [0, 0.05) is 22.6 Å². The minimum atomic E-state index is -1.22. The first-order valence-corrected chi connectivity index (χ1v) is 9.60. The van der Waals surface area contributed by atoms with Crippen LogP contribution in [0, 0.1) is 0 Å². The van der Waals surface area contributed by atoms with Crippen molar-refractivity contribution in [3.63, 3.8) is 0 Å². The summed E-state index contributed by atoms with van der Waals surface area (Å²) in [4.78, 5) is 39.0. The molecule has 3 amide bonds. The molecule has 0 aromatic heterocycles. The number of hydrogen-bond donors (Lipinski definition) is 1. The number of carbonyl (C=O) groups excluding carboxylic acids is 3. The number of benzene rings is 2. The molecule has 2 atom stereocenters. The fraction of sp³-hybridized carbons (Fsp3) is 0.286. The minimum absolute atomic E-state index is 0.283. The number of imide groups is 1. The molecule has 0 radical (unpaired) electrons. The molecule has 150 valence electrons. The molecule has 7 nitrogen and oxygen atoms in total. The molecule has 1 spiro atoms. The molecule has 2 aromatic carbocycles. The van der Waals surface area contributed by atoms with Crippen LogP contribution in [-0.4, -0.2) is 36.0 Å². The summed E-state index contributed by atoms with van der Waals surface area (Å²) in [6, 6.07) is 13.4. The summed E-state index contributed by atoms with van der Waals surface area (Å²) in [5, 5.41) is 3.23. The number of hydrogen-bond acceptors (Lipinski definition) is 5. The van der Waals surface area contributed by atoms with Crippen molar-refractivity contribution < 1.29 is 23.9 Å². The lowest BCUT2D eigenvalue weighted by Crippen LogP contribution is -2.47. The topological polar surface area (TPSA) is 84.9 Å². The number of nitrogens with one attached hydrogen (secondary N) is 1.